The molecule has 0 radical (unpaired) electrons. The highest BCUT2D eigenvalue weighted by Crippen LogP contribution is 2.28. The van der Waals surface area contributed by atoms with Crippen LogP contribution in [0.4, 0.5) is 0 Å². The van der Waals surface area contributed by atoms with Crippen LogP contribution in [0.15, 0.2) is 18.2 Å². The molecular weight excluding hydrogens is 276 g/mol. The van der Waals surface area contributed by atoms with Crippen LogP contribution in [0.2, 0.25) is 0 Å². The molecule has 0 aliphatic rings. The minimum atomic E-state index is -0.136. The zero-order chi connectivity index (χ0) is 14.7. The molecule has 2 unspecified atom stereocenters. The third kappa shape index (κ3) is 3.07. The van der Waals surface area contributed by atoms with Crippen LogP contribution in [0.1, 0.15) is 25.0 Å². The molecule has 1 heterocycles. The zero-order valence-corrected chi connectivity index (χ0v) is 13.1. The van der Waals surface area contributed by atoms with Gasteiger partial charge in [-0.1, -0.05) is 6.92 Å². The molecule has 2 atom stereocenters. The number of hydrogen-bond donors (Lipinski definition) is 0. The first-order valence-electron chi connectivity index (χ1n) is 6.74. The van der Waals surface area contributed by atoms with Crippen LogP contribution in [0.25, 0.3) is 11.0 Å². The van der Waals surface area contributed by atoms with Gasteiger partial charge in [-0.05, 0) is 25.0 Å². The standard InChI is InChI=1S/C15H21ClN2O2/c1-10(9-19-3)8-18-14-6-5-12(20-4)7-13(14)17-15(18)11(2)16/h5-7,10-11H,8-9H2,1-4H3. The van der Waals surface area contributed by atoms with Crippen molar-refractivity contribution >= 4 is 22.6 Å². The second-order valence-corrected chi connectivity index (χ2v) is 5.77. The number of hydrogen-bond acceptors (Lipinski definition) is 3. The van der Waals surface area contributed by atoms with Crippen molar-refractivity contribution in [2.45, 2.75) is 25.8 Å². The summed E-state index contributed by atoms with van der Waals surface area (Å²) in [7, 11) is 3.38. The highest BCUT2D eigenvalue weighted by atomic mass is 35.5. The molecule has 0 saturated carbocycles. The first-order chi connectivity index (χ1) is 9.56. The third-order valence-electron chi connectivity index (χ3n) is 3.29. The highest BCUT2D eigenvalue weighted by molar-refractivity contribution is 6.20. The van der Waals surface area contributed by atoms with Crippen LogP contribution in [0.3, 0.4) is 0 Å². The SMILES string of the molecule is COCC(C)Cn1c(C(C)Cl)nc2cc(OC)ccc21. The maximum absolute atomic E-state index is 6.27. The Bertz CT molecular complexity index is 581. The second-order valence-electron chi connectivity index (χ2n) is 5.11. The summed E-state index contributed by atoms with van der Waals surface area (Å²) >= 11 is 6.27. The van der Waals surface area contributed by atoms with Gasteiger partial charge in [-0.15, -0.1) is 11.6 Å². The van der Waals surface area contributed by atoms with E-state index in [4.69, 9.17) is 21.1 Å². The number of aromatic nitrogens is 2. The van der Waals surface area contributed by atoms with Crippen molar-refractivity contribution in [3.8, 4) is 5.75 Å². The smallest absolute Gasteiger partial charge is 0.127 e. The minimum Gasteiger partial charge on any atom is -0.497 e. The van der Waals surface area contributed by atoms with Crippen LogP contribution in [-0.2, 0) is 11.3 Å². The Morgan fingerprint density at radius 1 is 1.30 bits per heavy atom. The van der Waals surface area contributed by atoms with Crippen LogP contribution in [0.5, 0.6) is 5.75 Å². The quantitative estimate of drug-likeness (QED) is 0.764. The Labute approximate surface area is 124 Å². The van der Waals surface area contributed by atoms with E-state index in [1.165, 1.54) is 0 Å². The Kier molecular flexibility index (Phi) is 4.89. The molecule has 0 N–H and O–H groups in total. The van der Waals surface area contributed by atoms with E-state index in [0.29, 0.717) is 12.5 Å². The van der Waals surface area contributed by atoms with E-state index >= 15 is 0 Å². The molecule has 2 rings (SSSR count). The van der Waals surface area contributed by atoms with E-state index in [-0.39, 0.29) is 5.38 Å². The van der Waals surface area contributed by atoms with E-state index < -0.39 is 0 Å². The number of rotatable bonds is 6. The Balaban J connectivity index is 2.46. The Hall–Kier alpha value is -1.26. The van der Waals surface area contributed by atoms with Gasteiger partial charge in [0.15, 0.2) is 0 Å². The number of imidazole rings is 1. The van der Waals surface area contributed by atoms with Gasteiger partial charge in [0.1, 0.15) is 11.6 Å². The Morgan fingerprint density at radius 2 is 2.05 bits per heavy atom. The average Bonchev–Trinajstić information content (AvgIpc) is 2.77. The topological polar surface area (TPSA) is 36.3 Å². The maximum atomic E-state index is 6.27. The number of nitrogens with zero attached hydrogens (tertiary/aromatic N) is 2. The number of halogens is 1. The maximum Gasteiger partial charge on any atom is 0.127 e. The third-order valence-corrected chi connectivity index (χ3v) is 3.48. The van der Waals surface area contributed by atoms with Crippen LogP contribution < -0.4 is 4.74 Å². The monoisotopic (exact) mass is 296 g/mol. The number of benzene rings is 1. The summed E-state index contributed by atoms with van der Waals surface area (Å²) < 4.78 is 12.6. The summed E-state index contributed by atoms with van der Waals surface area (Å²) in [5.41, 5.74) is 1.99. The fraction of sp³-hybridized carbons (Fsp3) is 0.533. The molecular formula is C15H21ClN2O2. The molecule has 2 aromatic rings. The van der Waals surface area contributed by atoms with Crippen molar-refractivity contribution in [3.63, 3.8) is 0 Å². The fourth-order valence-corrected chi connectivity index (χ4v) is 2.57. The molecule has 4 nitrogen and oxygen atoms in total. The molecule has 0 aliphatic heterocycles. The normalized spacial score (nSPS) is 14.4. The number of methoxy groups -OCH3 is 2. The van der Waals surface area contributed by atoms with Gasteiger partial charge in [0.2, 0.25) is 0 Å². The molecule has 1 aromatic carbocycles. The van der Waals surface area contributed by atoms with E-state index in [2.05, 4.69) is 16.5 Å². The molecule has 0 spiro atoms. The fourth-order valence-electron chi connectivity index (χ4n) is 2.40. The van der Waals surface area contributed by atoms with Crippen molar-refractivity contribution in [2.75, 3.05) is 20.8 Å². The lowest BCUT2D eigenvalue weighted by Gasteiger charge is -2.15. The van der Waals surface area contributed by atoms with Gasteiger partial charge < -0.3 is 14.0 Å². The second kappa shape index (κ2) is 6.46. The first kappa shape index (κ1) is 15.1. The van der Waals surface area contributed by atoms with Crippen LogP contribution in [0, 0.1) is 5.92 Å². The Morgan fingerprint density at radius 3 is 2.65 bits per heavy atom. The lowest BCUT2D eigenvalue weighted by molar-refractivity contribution is 0.151. The van der Waals surface area contributed by atoms with Gasteiger partial charge in [-0.25, -0.2) is 4.98 Å². The van der Waals surface area contributed by atoms with Gasteiger partial charge in [-0.3, -0.25) is 0 Å². The lowest BCUT2D eigenvalue weighted by Crippen LogP contribution is -2.15. The summed E-state index contributed by atoms with van der Waals surface area (Å²) in [6.07, 6.45) is 0. The predicted molar refractivity (Wildman–Crippen MR) is 81.6 cm³/mol. The molecule has 0 aliphatic carbocycles. The number of ether oxygens (including phenoxy) is 2. The van der Waals surface area contributed by atoms with E-state index in [1.807, 2.05) is 25.1 Å². The largest absolute Gasteiger partial charge is 0.497 e. The van der Waals surface area contributed by atoms with E-state index in [9.17, 15) is 0 Å². The van der Waals surface area contributed by atoms with Gasteiger partial charge in [0.05, 0.1) is 30.1 Å². The van der Waals surface area contributed by atoms with E-state index in [1.54, 1.807) is 14.2 Å². The number of fused-ring (bicyclic) bond motifs is 1. The van der Waals surface area contributed by atoms with Crippen LogP contribution in [-0.4, -0.2) is 30.4 Å². The van der Waals surface area contributed by atoms with Crippen molar-refractivity contribution in [1.29, 1.82) is 0 Å². The van der Waals surface area contributed by atoms with Gasteiger partial charge in [0, 0.05) is 19.7 Å². The van der Waals surface area contributed by atoms with Crippen molar-refractivity contribution in [1.82, 2.24) is 9.55 Å². The van der Waals surface area contributed by atoms with E-state index in [0.717, 1.165) is 29.2 Å². The predicted octanol–water partition coefficient (Wildman–Crippen LogP) is 3.63. The molecule has 0 saturated heterocycles. The zero-order valence-electron chi connectivity index (χ0n) is 12.4. The molecule has 0 bridgehead atoms. The summed E-state index contributed by atoms with van der Waals surface area (Å²) in [5, 5.41) is -0.136. The van der Waals surface area contributed by atoms with Crippen molar-refractivity contribution in [2.24, 2.45) is 5.92 Å². The molecule has 20 heavy (non-hydrogen) atoms. The van der Waals surface area contributed by atoms with Crippen LogP contribution >= 0.6 is 11.6 Å². The van der Waals surface area contributed by atoms with Crippen molar-refractivity contribution < 1.29 is 9.47 Å². The minimum absolute atomic E-state index is 0.136. The summed E-state index contributed by atoms with van der Waals surface area (Å²) in [6, 6.07) is 5.92. The lowest BCUT2D eigenvalue weighted by atomic mass is 10.2. The summed E-state index contributed by atoms with van der Waals surface area (Å²) in [6.45, 7) is 5.65. The molecule has 110 valence electrons. The molecule has 5 heteroatoms. The molecule has 1 aromatic heterocycles. The molecule has 0 fully saturated rings. The first-order valence-corrected chi connectivity index (χ1v) is 7.17. The van der Waals surface area contributed by atoms with Gasteiger partial charge in [0.25, 0.3) is 0 Å². The highest BCUT2D eigenvalue weighted by Gasteiger charge is 2.17. The average molecular weight is 297 g/mol. The number of alkyl halides is 1. The summed E-state index contributed by atoms with van der Waals surface area (Å²) in [4.78, 5) is 4.64. The van der Waals surface area contributed by atoms with Gasteiger partial charge in [-0.2, -0.15) is 0 Å². The van der Waals surface area contributed by atoms with Gasteiger partial charge >= 0.3 is 0 Å². The molecule has 0 amide bonds. The van der Waals surface area contributed by atoms with Crippen molar-refractivity contribution in [3.05, 3.63) is 24.0 Å². The summed E-state index contributed by atoms with van der Waals surface area (Å²) in [5.74, 6) is 2.09.